The number of halogens is 3. The Labute approximate surface area is 199 Å². The highest BCUT2D eigenvalue weighted by atomic mass is 31.2. The van der Waals surface area contributed by atoms with Gasteiger partial charge in [-0.1, -0.05) is 24.3 Å². The fraction of sp³-hybridized carbons (Fsp3) is 0.250. The SMILES string of the molecule is O=C(CCOc1ccc(-c2ccc(C(F)(F)F)cc2)cc1)c1ccc(C(O)[P+]2(O)OCCO2)nc1. The van der Waals surface area contributed by atoms with E-state index in [9.17, 15) is 28.0 Å². The van der Waals surface area contributed by atoms with Crippen molar-refractivity contribution < 1.29 is 41.8 Å². The van der Waals surface area contributed by atoms with Crippen molar-refractivity contribution in [1.29, 1.82) is 0 Å². The van der Waals surface area contributed by atoms with Gasteiger partial charge in [0.25, 0.3) is 5.85 Å². The normalized spacial score (nSPS) is 16.1. The number of alkyl halides is 3. The van der Waals surface area contributed by atoms with Crippen LogP contribution in [0.2, 0.25) is 0 Å². The van der Waals surface area contributed by atoms with Crippen LogP contribution in [0.4, 0.5) is 13.2 Å². The molecule has 1 fully saturated rings. The fourth-order valence-corrected chi connectivity index (χ4v) is 4.92. The van der Waals surface area contributed by atoms with Crippen molar-refractivity contribution in [2.45, 2.75) is 18.4 Å². The minimum Gasteiger partial charge on any atom is -0.493 e. The van der Waals surface area contributed by atoms with Crippen LogP contribution in [0.15, 0.2) is 66.9 Å². The van der Waals surface area contributed by atoms with Crippen molar-refractivity contribution in [1.82, 2.24) is 4.98 Å². The van der Waals surface area contributed by atoms with Gasteiger partial charge >= 0.3 is 14.1 Å². The van der Waals surface area contributed by atoms with Crippen molar-refractivity contribution in [3.8, 4) is 16.9 Å². The number of aliphatic hydroxyl groups is 1. The van der Waals surface area contributed by atoms with E-state index >= 15 is 0 Å². The summed E-state index contributed by atoms with van der Waals surface area (Å²) in [6, 6.07) is 14.6. The van der Waals surface area contributed by atoms with E-state index in [1.165, 1.54) is 30.5 Å². The van der Waals surface area contributed by atoms with Crippen LogP contribution in [-0.4, -0.2) is 40.6 Å². The Morgan fingerprint density at radius 1 is 1.00 bits per heavy atom. The summed E-state index contributed by atoms with van der Waals surface area (Å²) in [6.07, 6.45) is -2.99. The van der Waals surface area contributed by atoms with Crippen LogP contribution in [0.25, 0.3) is 11.1 Å². The molecule has 1 saturated heterocycles. The van der Waals surface area contributed by atoms with Gasteiger partial charge in [0.15, 0.2) is 5.78 Å². The maximum Gasteiger partial charge on any atom is 0.446 e. The molecule has 0 aliphatic carbocycles. The lowest BCUT2D eigenvalue weighted by molar-refractivity contribution is -0.137. The van der Waals surface area contributed by atoms with E-state index in [-0.39, 0.29) is 37.7 Å². The van der Waals surface area contributed by atoms with Gasteiger partial charge in [-0.05, 0) is 47.5 Å². The Balaban J connectivity index is 1.28. The van der Waals surface area contributed by atoms with Gasteiger partial charge in [0.2, 0.25) is 0 Å². The van der Waals surface area contributed by atoms with Crippen LogP contribution in [0.5, 0.6) is 5.75 Å². The molecule has 2 aromatic carbocycles. The number of carbonyl (C=O) groups is 1. The number of benzene rings is 2. The second-order valence-corrected chi connectivity index (χ2v) is 9.83. The highest BCUT2D eigenvalue weighted by Gasteiger charge is 2.55. The maximum atomic E-state index is 12.7. The van der Waals surface area contributed by atoms with Crippen LogP contribution in [0, 0.1) is 0 Å². The van der Waals surface area contributed by atoms with Gasteiger partial charge in [-0.25, -0.2) is 0 Å². The molecule has 3 aromatic rings. The van der Waals surface area contributed by atoms with Gasteiger partial charge in [-0.15, -0.1) is 0 Å². The van der Waals surface area contributed by atoms with E-state index < -0.39 is 25.5 Å². The van der Waals surface area contributed by atoms with E-state index in [4.69, 9.17) is 13.8 Å². The summed E-state index contributed by atoms with van der Waals surface area (Å²) in [6.45, 7) is 0.487. The van der Waals surface area contributed by atoms with Gasteiger partial charge in [-0.2, -0.15) is 27.1 Å². The number of hydrogen-bond donors (Lipinski definition) is 2. The standard InChI is InChI=1S/C24H22F3NO6P/c25-24(26,27)19-6-1-16(2-7-19)17-3-8-20(9-4-17)32-12-11-22(29)18-5-10-21(28-15-18)23(30)35(31)33-13-14-34-35/h1-10,15,23,30-31H,11-14H2/q+1. The number of ether oxygens (including phenoxy) is 1. The first-order valence-corrected chi connectivity index (χ1v) is 12.3. The molecule has 0 radical (unpaired) electrons. The van der Waals surface area contributed by atoms with Gasteiger partial charge in [0.05, 0.1) is 12.2 Å². The monoisotopic (exact) mass is 508 g/mol. The molecule has 35 heavy (non-hydrogen) atoms. The van der Waals surface area contributed by atoms with Crippen LogP contribution in [-0.2, 0) is 15.2 Å². The van der Waals surface area contributed by atoms with Crippen molar-refractivity contribution in [2.24, 2.45) is 0 Å². The lowest BCUT2D eigenvalue weighted by Gasteiger charge is -2.15. The first-order chi connectivity index (χ1) is 16.7. The van der Waals surface area contributed by atoms with Crippen LogP contribution >= 0.6 is 7.94 Å². The summed E-state index contributed by atoms with van der Waals surface area (Å²) in [5.41, 5.74) is 1.13. The van der Waals surface area contributed by atoms with E-state index in [1.807, 2.05) is 0 Å². The summed E-state index contributed by atoms with van der Waals surface area (Å²) in [5.74, 6) is -1.12. The number of Topliss-reactive ketones (excluding diaryl/α,β-unsaturated/α-hetero) is 1. The third kappa shape index (κ3) is 6.04. The smallest absolute Gasteiger partial charge is 0.446 e. The highest BCUT2D eigenvalue weighted by molar-refractivity contribution is 7.60. The molecule has 0 bridgehead atoms. The van der Waals surface area contributed by atoms with Gasteiger partial charge < -0.3 is 9.84 Å². The fourth-order valence-electron chi connectivity index (χ4n) is 3.41. The van der Waals surface area contributed by atoms with E-state index in [1.54, 1.807) is 24.3 Å². The number of aliphatic hydroxyl groups excluding tert-OH is 1. The quantitative estimate of drug-likeness (QED) is 0.318. The zero-order valence-electron chi connectivity index (χ0n) is 18.3. The number of ketones is 1. The predicted octanol–water partition coefficient (Wildman–Crippen LogP) is 5.21. The third-order valence-electron chi connectivity index (χ3n) is 5.32. The molecule has 1 aromatic heterocycles. The molecule has 184 valence electrons. The average molecular weight is 508 g/mol. The molecule has 2 N–H and O–H groups in total. The van der Waals surface area contributed by atoms with Crippen LogP contribution < -0.4 is 4.74 Å². The molecule has 4 rings (SSSR count). The number of rotatable bonds is 8. The van der Waals surface area contributed by atoms with Crippen molar-refractivity contribution >= 4 is 13.7 Å². The minimum atomic E-state index is -4.38. The lowest BCUT2D eigenvalue weighted by Crippen LogP contribution is -2.10. The molecule has 0 saturated carbocycles. The Hall–Kier alpha value is -2.88. The molecule has 2 heterocycles. The molecular weight excluding hydrogens is 486 g/mol. The topological polar surface area (TPSA) is 98.1 Å². The Bertz CT molecular complexity index is 1150. The molecule has 0 spiro atoms. The summed E-state index contributed by atoms with van der Waals surface area (Å²) in [5, 5.41) is 10.2. The first kappa shape index (κ1) is 25.2. The molecule has 1 atom stereocenters. The number of hydrogen-bond acceptors (Lipinski definition) is 7. The third-order valence-corrected chi connectivity index (χ3v) is 7.30. The molecule has 1 aliphatic rings. The number of pyridine rings is 1. The maximum absolute atomic E-state index is 12.7. The summed E-state index contributed by atoms with van der Waals surface area (Å²) >= 11 is 0. The number of aromatic nitrogens is 1. The van der Waals surface area contributed by atoms with Gasteiger partial charge in [-0.3, -0.25) is 9.78 Å². The highest BCUT2D eigenvalue weighted by Crippen LogP contribution is 2.69. The van der Waals surface area contributed by atoms with Crippen LogP contribution in [0.1, 0.15) is 33.9 Å². The van der Waals surface area contributed by atoms with Crippen molar-refractivity contribution in [3.63, 3.8) is 0 Å². The number of carbonyl (C=O) groups excluding carboxylic acids is 1. The Morgan fingerprint density at radius 2 is 1.60 bits per heavy atom. The van der Waals surface area contributed by atoms with Gasteiger partial charge in [0, 0.05) is 18.2 Å². The first-order valence-electron chi connectivity index (χ1n) is 10.6. The Kier molecular flexibility index (Phi) is 7.49. The summed E-state index contributed by atoms with van der Waals surface area (Å²) < 4.78 is 53.9. The molecule has 7 nitrogen and oxygen atoms in total. The molecule has 0 amide bonds. The van der Waals surface area contributed by atoms with Crippen molar-refractivity contribution in [3.05, 3.63) is 83.7 Å². The minimum absolute atomic E-state index is 0.0768. The van der Waals surface area contributed by atoms with Gasteiger partial charge in [0.1, 0.15) is 24.7 Å². The zero-order valence-corrected chi connectivity index (χ0v) is 19.2. The average Bonchev–Trinajstić information content (AvgIpc) is 3.31. The number of nitrogens with zero attached hydrogens (tertiary/aromatic N) is 1. The largest absolute Gasteiger partial charge is 0.493 e. The van der Waals surface area contributed by atoms with E-state index in [0.717, 1.165) is 17.7 Å². The van der Waals surface area contributed by atoms with Crippen LogP contribution in [0.3, 0.4) is 0 Å². The predicted molar refractivity (Wildman–Crippen MR) is 122 cm³/mol. The van der Waals surface area contributed by atoms with E-state index in [2.05, 4.69) is 4.98 Å². The summed E-state index contributed by atoms with van der Waals surface area (Å²) in [7, 11) is -3.41. The van der Waals surface area contributed by atoms with E-state index in [0.29, 0.717) is 16.9 Å². The Morgan fingerprint density at radius 3 is 2.14 bits per heavy atom. The van der Waals surface area contributed by atoms with Crippen molar-refractivity contribution in [2.75, 3.05) is 19.8 Å². The summed E-state index contributed by atoms with van der Waals surface area (Å²) in [4.78, 5) is 26.7. The second-order valence-electron chi connectivity index (χ2n) is 7.70. The molecular formula is C24H22F3NO6P+. The zero-order chi connectivity index (χ0) is 25.1. The molecule has 1 unspecified atom stereocenters. The second kappa shape index (κ2) is 10.4. The molecule has 11 heteroatoms. The lowest BCUT2D eigenvalue weighted by atomic mass is 10.0. The molecule has 1 aliphatic heterocycles.